The number of nitrogens with zero attached hydrogens (tertiary/aromatic N) is 3. The van der Waals surface area contributed by atoms with Gasteiger partial charge in [0.05, 0.1) is 17.2 Å². The summed E-state index contributed by atoms with van der Waals surface area (Å²) in [5.41, 5.74) is 1.10. The van der Waals surface area contributed by atoms with Crippen molar-refractivity contribution in [2.45, 2.75) is 51.5 Å². The van der Waals surface area contributed by atoms with Crippen LogP contribution in [0.5, 0.6) is 0 Å². The van der Waals surface area contributed by atoms with Crippen LogP contribution in [0, 0.1) is 0 Å². The van der Waals surface area contributed by atoms with E-state index in [2.05, 4.69) is 35.6 Å². The summed E-state index contributed by atoms with van der Waals surface area (Å²) in [4.78, 5) is 22.2. The van der Waals surface area contributed by atoms with Crippen molar-refractivity contribution in [1.82, 2.24) is 14.9 Å². The maximum absolute atomic E-state index is 11.0. The van der Waals surface area contributed by atoms with E-state index in [1.807, 2.05) is 0 Å². The molecule has 2 aromatic heterocycles. The van der Waals surface area contributed by atoms with Crippen molar-refractivity contribution >= 4 is 17.3 Å². The molecule has 3 heterocycles. The molecule has 1 aliphatic heterocycles. The van der Waals surface area contributed by atoms with Gasteiger partial charge in [0.2, 0.25) is 5.89 Å². The summed E-state index contributed by atoms with van der Waals surface area (Å²) in [6, 6.07) is 0. The zero-order chi connectivity index (χ0) is 17.3. The minimum Gasteiger partial charge on any atom is -0.476 e. The molecule has 1 atom stereocenters. The first-order valence-corrected chi connectivity index (χ1v) is 9.07. The molecule has 2 aromatic rings. The number of hydrogen-bond donors (Lipinski definition) is 1. The summed E-state index contributed by atoms with van der Waals surface area (Å²) >= 11 is 1.44. The molecule has 0 amide bonds. The van der Waals surface area contributed by atoms with Gasteiger partial charge < -0.3 is 9.52 Å². The topological polar surface area (TPSA) is 79.5 Å². The summed E-state index contributed by atoms with van der Waals surface area (Å²) in [6.45, 7) is 8.90. The lowest BCUT2D eigenvalue weighted by atomic mass is 9.93. The lowest BCUT2D eigenvalue weighted by Gasteiger charge is -2.30. The normalized spacial score (nSPS) is 19.5. The van der Waals surface area contributed by atoms with Crippen molar-refractivity contribution in [2.75, 3.05) is 13.1 Å². The van der Waals surface area contributed by atoms with E-state index in [1.54, 1.807) is 11.6 Å². The first-order valence-electron chi connectivity index (χ1n) is 8.19. The zero-order valence-electron chi connectivity index (χ0n) is 14.3. The van der Waals surface area contributed by atoms with Crippen LogP contribution in [0.1, 0.15) is 66.6 Å². The molecule has 0 radical (unpaired) electrons. The Morgan fingerprint density at radius 2 is 2.25 bits per heavy atom. The fourth-order valence-corrected chi connectivity index (χ4v) is 3.82. The fourth-order valence-electron chi connectivity index (χ4n) is 2.89. The maximum Gasteiger partial charge on any atom is 0.355 e. The average Bonchev–Trinajstić information content (AvgIpc) is 3.16. The SMILES string of the molecule is CC(C)(C)c1coc(CN2CCCC(c3nc(C(=O)O)cs3)C2)n1. The Morgan fingerprint density at radius 3 is 2.88 bits per heavy atom. The summed E-state index contributed by atoms with van der Waals surface area (Å²) in [7, 11) is 0. The molecule has 3 rings (SSSR count). The lowest BCUT2D eigenvalue weighted by molar-refractivity contribution is 0.0691. The van der Waals surface area contributed by atoms with Gasteiger partial charge in [0.25, 0.3) is 0 Å². The predicted octanol–water partition coefficient (Wildman–Crippen LogP) is 3.51. The molecule has 0 aromatic carbocycles. The molecule has 1 unspecified atom stereocenters. The summed E-state index contributed by atoms with van der Waals surface area (Å²) in [5.74, 6) is 0.0690. The second kappa shape index (κ2) is 6.64. The third kappa shape index (κ3) is 3.84. The van der Waals surface area contributed by atoms with Crippen LogP contribution in [0.2, 0.25) is 0 Å². The van der Waals surface area contributed by atoms with Crippen molar-refractivity contribution in [2.24, 2.45) is 0 Å². The van der Waals surface area contributed by atoms with E-state index in [9.17, 15) is 4.79 Å². The van der Waals surface area contributed by atoms with Crippen LogP contribution in [0.4, 0.5) is 0 Å². The average molecular weight is 349 g/mol. The standard InChI is InChI=1S/C17H23N3O3S/c1-17(2,3)13-9-23-14(19-13)8-20-6-4-5-11(7-20)15-18-12(10-24-15)16(21)22/h9-11H,4-8H2,1-3H3,(H,21,22). The highest BCUT2D eigenvalue weighted by Crippen LogP contribution is 2.30. The number of thiazole rings is 1. The molecule has 7 heteroatoms. The van der Waals surface area contributed by atoms with Gasteiger partial charge in [-0.15, -0.1) is 11.3 Å². The number of aromatic nitrogens is 2. The van der Waals surface area contributed by atoms with E-state index >= 15 is 0 Å². The lowest BCUT2D eigenvalue weighted by Crippen LogP contribution is -2.34. The number of piperidine rings is 1. The molecular weight excluding hydrogens is 326 g/mol. The van der Waals surface area contributed by atoms with Gasteiger partial charge in [0, 0.05) is 23.3 Å². The number of carboxylic acid groups (broad SMARTS) is 1. The second-order valence-electron chi connectivity index (χ2n) is 7.33. The molecule has 0 spiro atoms. The van der Waals surface area contributed by atoms with Gasteiger partial charge in [0.1, 0.15) is 6.26 Å². The van der Waals surface area contributed by atoms with Crippen LogP contribution in [-0.4, -0.2) is 39.0 Å². The largest absolute Gasteiger partial charge is 0.476 e. The van der Waals surface area contributed by atoms with E-state index < -0.39 is 5.97 Å². The van der Waals surface area contributed by atoms with E-state index in [0.29, 0.717) is 6.54 Å². The highest BCUT2D eigenvalue weighted by Gasteiger charge is 2.26. The molecule has 1 fully saturated rings. The summed E-state index contributed by atoms with van der Waals surface area (Å²) in [6.07, 6.45) is 3.86. The molecule has 1 N–H and O–H groups in total. The number of carbonyl (C=O) groups is 1. The van der Waals surface area contributed by atoms with Crippen molar-refractivity contribution in [3.63, 3.8) is 0 Å². The van der Waals surface area contributed by atoms with Gasteiger partial charge >= 0.3 is 5.97 Å². The molecule has 6 nitrogen and oxygen atoms in total. The van der Waals surface area contributed by atoms with E-state index in [-0.39, 0.29) is 17.0 Å². The Bertz CT molecular complexity index is 717. The summed E-state index contributed by atoms with van der Waals surface area (Å²) in [5, 5.41) is 11.6. The number of rotatable bonds is 4. The van der Waals surface area contributed by atoms with E-state index in [1.165, 1.54) is 11.3 Å². The van der Waals surface area contributed by atoms with Crippen LogP contribution in [0.15, 0.2) is 16.1 Å². The monoisotopic (exact) mass is 349 g/mol. The van der Waals surface area contributed by atoms with E-state index in [4.69, 9.17) is 9.52 Å². The molecule has 1 saturated heterocycles. The zero-order valence-corrected chi connectivity index (χ0v) is 15.1. The number of aromatic carboxylic acids is 1. The van der Waals surface area contributed by atoms with E-state index in [0.717, 1.165) is 42.5 Å². The van der Waals surface area contributed by atoms with Crippen LogP contribution in [-0.2, 0) is 12.0 Å². The minimum absolute atomic E-state index is 0.0136. The van der Waals surface area contributed by atoms with Crippen LogP contribution < -0.4 is 0 Å². The second-order valence-corrected chi connectivity index (χ2v) is 8.22. The molecule has 0 bridgehead atoms. The molecule has 0 aliphatic carbocycles. The van der Waals surface area contributed by atoms with Crippen LogP contribution in [0.25, 0.3) is 0 Å². The molecule has 0 saturated carbocycles. The van der Waals surface area contributed by atoms with Gasteiger partial charge in [0.15, 0.2) is 5.69 Å². The number of carboxylic acids is 1. The third-order valence-corrected chi connectivity index (χ3v) is 5.28. The number of oxazole rings is 1. The smallest absolute Gasteiger partial charge is 0.355 e. The van der Waals surface area contributed by atoms with Crippen molar-refractivity contribution in [1.29, 1.82) is 0 Å². The minimum atomic E-state index is -0.959. The van der Waals surface area contributed by atoms with Crippen LogP contribution in [0.3, 0.4) is 0 Å². The quantitative estimate of drug-likeness (QED) is 0.910. The summed E-state index contributed by atoms with van der Waals surface area (Å²) < 4.78 is 5.63. The Labute approximate surface area is 145 Å². The molecule has 1 aliphatic rings. The van der Waals surface area contributed by atoms with Gasteiger partial charge in [-0.25, -0.2) is 14.8 Å². The third-order valence-electron chi connectivity index (χ3n) is 4.27. The van der Waals surface area contributed by atoms with Crippen molar-refractivity contribution < 1.29 is 14.3 Å². The molecular formula is C17H23N3O3S. The fraction of sp³-hybridized carbons (Fsp3) is 0.588. The maximum atomic E-state index is 11.0. The Balaban J connectivity index is 1.65. The highest BCUT2D eigenvalue weighted by atomic mass is 32.1. The first kappa shape index (κ1) is 17.1. The van der Waals surface area contributed by atoms with Crippen molar-refractivity contribution in [3.05, 3.63) is 33.9 Å². The Hall–Kier alpha value is -1.73. The number of hydrogen-bond acceptors (Lipinski definition) is 6. The van der Waals surface area contributed by atoms with Crippen molar-refractivity contribution in [3.8, 4) is 0 Å². The van der Waals surface area contributed by atoms with Gasteiger partial charge in [-0.1, -0.05) is 20.8 Å². The van der Waals surface area contributed by atoms with Crippen LogP contribution >= 0.6 is 11.3 Å². The van der Waals surface area contributed by atoms with Gasteiger partial charge in [-0.05, 0) is 19.4 Å². The predicted molar refractivity (Wildman–Crippen MR) is 91.5 cm³/mol. The molecule has 24 heavy (non-hydrogen) atoms. The van der Waals surface area contributed by atoms with Gasteiger partial charge in [-0.3, -0.25) is 4.90 Å². The highest BCUT2D eigenvalue weighted by molar-refractivity contribution is 7.09. The number of likely N-dealkylation sites (tertiary alicyclic amines) is 1. The Morgan fingerprint density at radius 1 is 1.46 bits per heavy atom. The van der Waals surface area contributed by atoms with Gasteiger partial charge in [-0.2, -0.15) is 0 Å². The molecule has 130 valence electrons. The first-order chi connectivity index (χ1) is 11.3. The Kier molecular flexibility index (Phi) is 4.73.